The van der Waals surface area contributed by atoms with Crippen LogP contribution in [0.1, 0.15) is 10.4 Å². The Morgan fingerprint density at radius 1 is 0.706 bits per heavy atom. The summed E-state index contributed by atoms with van der Waals surface area (Å²) >= 11 is 0. The predicted octanol–water partition coefficient (Wildman–Crippen LogP) is 6.37. The fourth-order valence-electron chi connectivity index (χ4n) is 3.24. The lowest BCUT2D eigenvalue weighted by Crippen LogP contribution is -2.19. The number of ether oxygens (including phenoxy) is 1. The van der Waals surface area contributed by atoms with Crippen molar-refractivity contribution < 1.29 is 31.5 Å². The van der Waals surface area contributed by atoms with Crippen LogP contribution in [-0.4, -0.2) is 18.0 Å². The van der Waals surface area contributed by atoms with E-state index in [1.165, 1.54) is 12.1 Å². The highest BCUT2D eigenvalue weighted by atomic mass is 19.2. The molecule has 0 bridgehead atoms. The number of methoxy groups -OCH3 is 1. The third kappa shape index (κ3) is 4.32. The van der Waals surface area contributed by atoms with E-state index < -0.39 is 40.6 Å². The molecule has 4 rings (SSSR count). The Morgan fingerprint density at radius 2 is 1.18 bits per heavy atom. The number of benzene rings is 3. The molecule has 0 fully saturated rings. The maximum absolute atomic E-state index is 13.9. The van der Waals surface area contributed by atoms with Crippen LogP contribution in [-0.2, 0) is 0 Å². The topological polar surface area (TPSA) is 51.2 Å². The Kier molecular flexibility index (Phi) is 6.27. The van der Waals surface area contributed by atoms with Crippen molar-refractivity contribution in [2.24, 2.45) is 0 Å². The van der Waals surface area contributed by atoms with Crippen molar-refractivity contribution in [2.45, 2.75) is 0 Å². The Hall–Kier alpha value is -4.27. The number of nitrogens with one attached hydrogen (secondary N) is 1. The summed E-state index contributed by atoms with van der Waals surface area (Å²) in [4.78, 5) is 16.8. The Bertz CT molecular complexity index is 1340. The van der Waals surface area contributed by atoms with Crippen LogP contribution in [0.25, 0.3) is 22.5 Å². The van der Waals surface area contributed by atoms with Crippen LogP contribution in [0, 0.1) is 29.1 Å². The standard InChI is InChI=1S/C25H15F5N2O2/c1-34-16-11-7-14(8-12-16)18-4-2-3-17(32-18)13-5-9-15(10-6-13)31-25(33)19-20(26)22(28)24(30)23(29)21(19)27/h2-12H,1H3,(H,31,33). The van der Waals surface area contributed by atoms with Crippen molar-refractivity contribution in [3.8, 4) is 28.3 Å². The molecule has 4 aromatic rings. The quantitative estimate of drug-likeness (QED) is 0.209. The molecule has 1 amide bonds. The van der Waals surface area contributed by atoms with Crippen molar-refractivity contribution in [3.05, 3.63) is 101 Å². The highest BCUT2D eigenvalue weighted by Gasteiger charge is 2.29. The predicted molar refractivity (Wildman–Crippen MR) is 116 cm³/mol. The zero-order valence-electron chi connectivity index (χ0n) is 17.5. The maximum atomic E-state index is 13.9. The Labute approximate surface area is 190 Å². The second kappa shape index (κ2) is 9.30. The molecule has 1 N–H and O–H groups in total. The molecule has 0 aliphatic carbocycles. The van der Waals surface area contributed by atoms with E-state index in [-0.39, 0.29) is 5.69 Å². The number of aromatic nitrogens is 1. The molecular formula is C25H15F5N2O2. The molecular weight excluding hydrogens is 455 g/mol. The molecule has 1 heterocycles. The lowest BCUT2D eigenvalue weighted by atomic mass is 10.1. The van der Waals surface area contributed by atoms with Gasteiger partial charge in [0.1, 0.15) is 11.3 Å². The Balaban J connectivity index is 1.56. The average Bonchev–Trinajstić information content (AvgIpc) is 2.87. The summed E-state index contributed by atoms with van der Waals surface area (Å²) in [6.07, 6.45) is 0. The molecule has 0 radical (unpaired) electrons. The zero-order valence-corrected chi connectivity index (χ0v) is 17.5. The highest BCUT2D eigenvalue weighted by molar-refractivity contribution is 6.04. The summed E-state index contributed by atoms with van der Waals surface area (Å²) in [6.45, 7) is 0. The molecule has 0 aliphatic heterocycles. The van der Waals surface area contributed by atoms with Crippen LogP contribution < -0.4 is 10.1 Å². The monoisotopic (exact) mass is 470 g/mol. The van der Waals surface area contributed by atoms with Crippen molar-refractivity contribution in [2.75, 3.05) is 12.4 Å². The third-order valence-electron chi connectivity index (χ3n) is 5.01. The summed E-state index contributed by atoms with van der Waals surface area (Å²) in [7, 11) is 1.57. The summed E-state index contributed by atoms with van der Waals surface area (Å²) in [6, 6.07) is 18.8. The van der Waals surface area contributed by atoms with Gasteiger partial charge in [-0.15, -0.1) is 0 Å². The van der Waals surface area contributed by atoms with Crippen molar-refractivity contribution in [1.82, 2.24) is 4.98 Å². The summed E-state index contributed by atoms with van der Waals surface area (Å²) < 4.78 is 72.8. The van der Waals surface area contributed by atoms with E-state index in [0.717, 1.165) is 5.56 Å². The molecule has 4 nitrogen and oxygen atoms in total. The molecule has 0 saturated carbocycles. The van der Waals surface area contributed by atoms with Gasteiger partial charge in [0.15, 0.2) is 23.3 Å². The number of carbonyl (C=O) groups is 1. The largest absolute Gasteiger partial charge is 0.497 e. The van der Waals surface area contributed by atoms with Gasteiger partial charge in [-0.1, -0.05) is 18.2 Å². The van der Waals surface area contributed by atoms with Gasteiger partial charge in [-0.3, -0.25) is 4.79 Å². The minimum atomic E-state index is -2.33. The first-order chi connectivity index (χ1) is 16.3. The number of carbonyl (C=O) groups excluding carboxylic acids is 1. The summed E-state index contributed by atoms with van der Waals surface area (Å²) in [5.74, 6) is -11.9. The first kappa shape index (κ1) is 22.9. The third-order valence-corrected chi connectivity index (χ3v) is 5.01. The van der Waals surface area contributed by atoms with Crippen LogP contribution >= 0.6 is 0 Å². The molecule has 0 atom stereocenters. The van der Waals surface area contributed by atoms with Crippen LogP contribution in [0.5, 0.6) is 5.75 Å². The number of hydrogen-bond donors (Lipinski definition) is 1. The molecule has 0 saturated heterocycles. The molecule has 172 valence electrons. The van der Waals surface area contributed by atoms with Gasteiger partial charge >= 0.3 is 0 Å². The minimum absolute atomic E-state index is 0.0870. The highest BCUT2D eigenvalue weighted by Crippen LogP contribution is 2.27. The minimum Gasteiger partial charge on any atom is -0.497 e. The van der Waals surface area contributed by atoms with E-state index in [9.17, 15) is 26.7 Å². The average molecular weight is 470 g/mol. The van der Waals surface area contributed by atoms with Gasteiger partial charge in [0, 0.05) is 16.8 Å². The fraction of sp³-hybridized carbons (Fsp3) is 0.0400. The van der Waals surface area contributed by atoms with Gasteiger partial charge in [-0.2, -0.15) is 0 Å². The first-order valence-electron chi connectivity index (χ1n) is 9.85. The normalized spacial score (nSPS) is 10.8. The van der Waals surface area contributed by atoms with Gasteiger partial charge < -0.3 is 10.1 Å². The van der Waals surface area contributed by atoms with E-state index in [2.05, 4.69) is 10.3 Å². The number of rotatable bonds is 5. The van der Waals surface area contributed by atoms with E-state index in [1.807, 2.05) is 36.4 Å². The fourth-order valence-corrected chi connectivity index (χ4v) is 3.24. The number of hydrogen-bond acceptors (Lipinski definition) is 3. The number of nitrogens with zero attached hydrogens (tertiary/aromatic N) is 1. The van der Waals surface area contributed by atoms with Gasteiger partial charge in [0.2, 0.25) is 5.82 Å². The lowest BCUT2D eigenvalue weighted by Gasteiger charge is -2.10. The van der Waals surface area contributed by atoms with Gasteiger partial charge in [0.25, 0.3) is 5.91 Å². The smallest absolute Gasteiger partial charge is 0.261 e. The van der Waals surface area contributed by atoms with Crippen molar-refractivity contribution in [3.63, 3.8) is 0 Å². The van der Waals surface area contributed by atoms with Gasteiger partial charge in [-0.25, -0.2) is 26.9 Å². The molecule has 0 aliphatic rings. The molecule has 0 unspecified atom stereocenters. The van der Waals surface area contributed by atoms with Gasteiger partial charge in [-0.05, 0) is 48.5 Å². The number of pyridine rings is 1. The SMILES string of the molecule is COc1ccc(-c2cccc(-c3ccc(NC(=O)c4c(F)c(F)c(F)c(F)c4F)cc3)n2)cc1. The summed E-state index contributed by atoms with van der Waals surface area (Å²) in [5.41, 5.74) is 1.40. The van der Waals surface area contributed by atoms with Crippen LogP contribution in [0.4, 0.5) is 27.6 Å². The number of amides is 1. The van der Waals surface area contributed by atoms with Gasteiger partial charge in [0.05, 0.1) is 18.5 Å². The number of anilines is 1. The van der Waals surface area contributed by atoms with Crippen molar-refractivity contribution in [1.29, 1.82) is 0 Å². The Morgan fingerprint density at radius 3 is 1.68 bits per heavy atom. The molecule has 3 aromatic carbocycles. The lowest BCUT2D eigenvalue weighted by molar-refractivity contribution is 0.101. The van der Waals surface area contributed by atoms with E-state index in [1.54, 1.807) is 25.3 Å². The second-order valence-corrected chi connectivity index (χ2v) is 7.11. The second-order valence-electron chi connectivity index (χ2n) is 7.11. The molecule has 1 aromatic heterocycles. The van der Waals surface area contributed by atoms with E-state index in [4.69, 9.17) is 4.74 Å². The van der Waals surface area contributed by atoms with E-state index in [0.29, 0.717) is 22.7 Å². The summed E-state index contributed by atoms with van der Waals surface area (Å²) in [5, 5.41) is 2.13. The van der Waals surface area contributed by atoms with Crippen LogP contribution in [0.2, 0.25) is 0 Å². The molecule has 9 heteroatoms. The van der Waals surface area contributed by atoms with Crippen LogP contribution in [0.15, 0.2) is 66.7 Å². The van der Waals surface area contributed by atoms with E-state index >= 15 is 0 Å². The van der Waals surface area contributed by atoms with Crippen molar-refractivity contribution >= 4 is 11.6 Å². The molecule has 0 spiro atoms. The number of halogens is 5. The zero-order chi connectivity index (χ0) is 24.4. The molecule has 34 heavy (non-hydrogen) atoms. The maximum Gasteiger partial charge on any atom is 0.261 e. The van der Waals surface area contributed by atoms with Crippen LogP contribution in [0.3, 0.4) is 0 Å². The first-order valence-corrected chi connectivity index (χ1v) is 9.85.